The molecule has 2 heterocycles. The fourth-order valence-electron chi connectivity index (χ4n) is 3.33. The third kappa shape index (κ3) is 3.59. The van der Waals surface area contributed by atoms with Crippen LogP contribution in [-0.4, -0.2) is 76.6 Å². The number of ether oxygens (including phenoxy) is 1. The van der Waals surface area contributed by atoms with Crippen molar-refractivity contribution in [3.63, 3.8) is 0 Å². The van der Waals surface area contributed by atoms with Crippen LogP contribution in [0.2, 0.25) is 0 Å². The molecule has 0 unspecified atom stereocenters. The average molecular weight is 393 g/mol. The molecule has 0 bridgehead atoms. The van der Waals surface area contributed by atoms with E-state index in [4.69, 9.17) is 9.57 Å². The number of carbonyl (C=O) groups is 2. The van der Waals surface area contributed by atoms with Gasteiger partial charge in [-0.05, 0) is 13.0 Å². The minimum Gasteiger partial charge on any atom is -0.394 e. The molecule has 10 heteroatoms. The van der Waals surface area contributed by atoms with Gasteiger partial charge in [0.05, 0.1) is 12.3 Å². The summed E-state index contributed by atoms with van der Waals surface area (Å²) in [6.45, 7) is 2.93. The predicted molar refractivity (Wildman–Crippen MR) is 97.5 cm³/mol. The second-order valence-corrected chi connectivity index (χ2v) is 6.54. The van der Waals surface area contributed by atoms with Gasteiger partial charge in [0.15, 0.2) is 5.71 Å². The Morgan fingerprint density at radius 3 is 2.68 bits per heavy atom. The standard InChI is InChI=1S/C18H23N3O7/c1-3-21-11-7-5-4-6-10(11)13(17(21)26)20-28-18-14(19-9(2)23)16(25)15(24)12(8-22)27-18/h4-7,12,14-16,18,22,24-25H,3,8H2,1-2H3,(H,19,23)/t12-,14+,15+,16-,18+/m0/s1. The Morgan fingerprint density at radius 2 is 2.04 bits per heavy atom. The van der Waals surface area contributed by atoms with E-state index in [9.17, 15) is 24.9 Å². The molecule has 1 aromatic rings. The fraction of sp³-hybridized carbons (Fsp3) is 0.500. The molecule has 0 saturated carbocycles. The topological polar surface area (TPSA) is 141 Å². The molecule has 5 atom stereocenters. The van der Waals surface area contributed by atoms with Crippen molar-refractivity contribution >= 4 is 23.2 Å². The fourth-order valence-corrected chi connectivity index (χ4v) is 3.33. The van der Waals surface area contributed by atoms with Crippen LogP contribution in [0.15, 0.2) is 29.4 Å². The molecule has 0 aromatic heterocycles. The van der Waals surface area contributed by atoms with E-state index in [2.05, 4.69) is 10.5 Å². The van der Waals surface area contributed by atoms with Crippen molar-refractivity contribution < 1.29 is 34.5 Å². The molecule has 1 aromatic carbocycles. The molecule has 2 amide bonds. The van der Waals surface area contributed by atoms with Crippen LogP contribution in [0.5, 0.6) is 0 Å². The number of anilines is 1. The molecule has 0 aliphatic carbocycles. The van der Waals surface area contributed by atoms with Gasteiger partial charge in [-0.2, -0.15) is 0 Å². The lowest BCUT2D eigenvalue weighted by molar-refractivity contribution is -0.270. The minimum absolute atomic E-state index is 0.0591. The first-order valence-corrected chi connectivity index (χ1v) is 8.93. The summed E-state index contributed by atoms with van der Waals surface area (Å²) in [7, 11) is 0. The number of amides is 2. The van der Waals surface area contributed by atoms with Gasteiger partial charge in [0, 0.05) is 19.0 Å². The number of rotatable bonds is 5. The molecular formula is C18H23N3O7. The van der Waals surface area contributed by atoms with Gasteiger partial charge in [-0.1, -0.05) is 23.4 Å². The summed E-state index contributed by atoms with van der Waals surface area (Å²) < 4.78 is 5.44. The van der Waals surface area contributed by atoms with Gasteiger partial charge in [0.25, 0.3) is 5.91 Å². The zero-order valence-corrected chi connectivity index (χ0v) is 15.5. The van der Waals surface area contributed by atoms with Crippen LogP contribution in [0, 0.1) is 0 Å². The highest BCUT2D eigenvalue weighted by atomic mass is 16.8. The van der Waals surface area contributed by atoms with Gasteiger partial charge >= 0.3 is 0 Å². The lowest BCUT2D eigenvalue weighted by Crippen LogP contribution is -2.64. The highest BCUT2D eigenvalue weighted by molar-refractivity contribution is 6.54. The molecule has 28 heavy (non-hydrogen) atoms. The van der Waals surface area contributed by atoms with Gasteiger partial charge in [-0.3, -0.25) is 9.59 Å². The maximum absolute atomic E-state index is 12.6. The van der Waals surface area contributed by atoms with Crippen molar-refractivity contribution in [1.82, 2.24) is 5.32 Å². The van der Waals surface area contributed by atoms with Gasteiger partial charge < -0.3 is 35.1 Å². The number of carbonyl (C=O) groups excluding carboxylic acids is 2. The van der Waals surface area contributed by atoms with E-state index in [-0.39, 0.29) is 11.6 Å². The van der Waals surface area contributed by atoms with Gasteiger partial charge in [0.1, 0.15) is 24.4 Å². The summed E-state index contributed by atoms with van der Waals surface area (Å²) >= 11 is 0. The third-order valence-corrected chi connectivity index (χ3v) is 4.71. The molecule has 4 N–H and O–H groups in total. The van der Waals surface area contributed by atoms with E-state index in [1.165, 1.54) is 6.92 Å². The largest absolute Gasteiger partial charge is 0.394 e. The van der Waals surface area contributed by atoms with E-state index in [1.807, 2.05) is 6.92 Å². The molecule has 0 radical (unpaired) electrons. The molecule has 1 fully saturated rings. The normalized spacial score (nSPS) is 31.0. The van der Waals surface area contributed by atoms with E-state index in [0.717, 1.165) is 0 Å². The van der Waals surface area contributed by atoms with E-state index >= 15 is 0 Å². The Kier molecular flexibility index (Phi) is 5.94. The Bertz CT molecular complexity index is 784. The molecule has 10 nitrogen and oxygen atoms in total. The van der Waals surface area contributed by atoms with E-state index in [1.54, 1.807) is 29.2 Å². The minimum atomic E-state index is -1.46. The molecule has 0 spiro atoms. The first-order chi connectivity index (χ1) is 13.4. The number of fused-ring (bicyclic) bond motifs is 1. The van der Waals surface area contributed by atoms with Gasteiger partial charge in [0.2, 0.25) is 12.2 Å². The maximum atomic E-state index is 12.6. The van der Waals surface area contributed by atoms with E-state index in [0.29, 0.717) is 17.8 Å². The lowest BCUT2D eigenvalue weighted by Gasteiger charge is -2.40. The highest BCUT2D eigenvalue weighted by Crippen LogP contribution is 2.29. The van der Waals surface area contributed by atoms with Crippen molar-refractivity contribution in [3.8, 4) is 0 Å². The number of nitrogens with one attached hydrogen (secondary N) is 1. The van der Waals surface area contributed by atoms with Crippen LogP contribution in [0.1, 0.15) is 19.4 Å². The number of aliphatic hydroxyl groups excluding tert-OH is 3. The number of benzene rings is 1. The van der Waals surface area contributed by atoms with Crippen molar-refractivity contribution in [3.05, 3.63) is 29.8 Å². The molecule has 2 aliphatic rings. The summed E-state index contributed by atoms with van der Waals surface area (Å²) in [6.07, 6.45) is -5.34. The Labute approximate surface area is 161 Å². The Morgan fingerprint density at radius 1 is 1.32 bits per heavy atom. The third-order valence-electron chi connectivity index (χ3n) is 4.71. The molecule has 1 saturated heterocycles. The smallest absolute Gasteiger partial charge is 0.281 e. The number of aliphatic hydroxyl groups is 3. The number of para-hydroxylation sites is 1. The predicted octanol–water partition coefficient (Wildman–Crippen LogP) is -1.28. The first kappa shape index (κ1) is 20.2. The molecule has 152 valence electrons. The SMILES string of the molecule is CCN1C(=O)C(=NO[C@H]2O[C@@H](CO)[C@@H](O)[C@@H](O)[C@H]2NC(C)=O)c2ccccc21. The van der Waals surface area contributed by atoms with Crippen LogP contribution in [0.3, 0.4) is 0 Å². The van der Waals surface area contributed by atoms with Crippen LogP contribution in [0.25, 0.3) is 0 Å². The van der Waals surface area contributed by atoms with Crippen LogP contribution >= 0.6 is 0 Å². The van der Waals surface area contributed by atoms with Crippen LogP contribution in [0.4, 0.5) is 5.69 Å². The summed E-state index contributed by atoms with van der Waals surface area (Å²) in [5, 5.41) is 36.0. The van der Waals surface area contributed by atoms with Gasteiger partial charge in [-0.25, -0.2) is 0 Å². The van der Waals surface area contributed by atoms with Crippen LogP contribution < -0.4 is 10.2 Å². The number of hydrogen-bond acceptors (Lipinski definition) is 8. The van der Waals surface area contributed by atoms with Crippen molar-refractivity contribution in [2.75, 3.05) is 18.1 Å². The quantitative estimate of drug-likeness (QED) is 0.457. The first-order valence-electron chi connectivity index (χ1n) is 8.93. The second-order valence-electron chi connectivity index (χ2n) is 6.54. The zero-order chi connectivity index (χ0) is 20.4. The molecular weight excluding hydrogens is 370 g/mol. The van der Waals surface area contributed by atoms with E-state index < -0.39 is 43.2 Å². The Balaban J connectivity index is 1.88. The second kappa shape index (κ2) is 8.23. The van der Waals surface area contributed by atoms with Gasteiger partial charge in [-0.15, -0.1) is 0 Å². The number of likely N-dealkylation sites (N-methyl/N-ethyl adjacent to an activating group) is 1. The summed E-state index contributed by atoms with van der Waals surface area (Å²) in [4.78, 5) is 31.0. The highest BCUT2D eigenvalue weighted by Gasteiger charge is 2.46. The summed E-state index contributed by atoms with van der Waals surface area (Å²) in [6, 6.07) is 5.94. The Hall–Kier alpha value is -2.53. The molecule has 2 aliphatic heterocycles. The average Bonchev–Trinajstić information content (AvgIpc) is 2.95. The monoisotopic (exact) mass is 393 g/mol. The van der Waals surface area contributed by atoms with Crippen molar-refractivity contribution in [2.24, 2.45) is 5.16 Å². The van der Waals surface area contributed by atoms with Crippen LogP contribution in [-0.2, 0) is 19.2 Å². The summed E-state index contributed by atoms with van der Waals surface area (Å²) in [5.41, 5.74) is 1.34. The molecule has 3 rings (SSSR count). The maximum Gasteiger partial charge on any atom is 0.281 e. The summed E-state index contributed by atoms with van der Waals surface area (Å²) in [5.74, 6) is -0.835. The van der Waals surface area contributed by atoms with Crippen molar-refractivity contribution in [2.45, 2.75) is 44.5 Å². The lowest BCUT2D eigenvalue weighted by atomic mass is 9.97. The van der Waals surface area contributed by atoms with Crippen molar-refractivity contribution in [1.29, 1.82) is 0 Å². The number of oxime groups is 1. The number of hydrogen-bond donors (Lipinski definition) is 4. The zero-order valence-electron chi connectivity index (χ0n) is 15.5. The number of nitrogens with zero attached hydrogens (tertiary/aromatic N) is 2.